The van der Waals surface area contributed by atoms with Gasteiger partial charge >= 0.3 is 0 Å². The molecule has 5 N–H and O–H groups in total. The van der Waals surface area contributed by atoms with Crippen LogP contribution < -0.4 is 40.6 Å². The molecule has 0 atom stereocenters. The van der Waals surface area contributed by atoms with Crippen molar-refractivity contribution in [3.05, 3.63) is 66.2 Å². The van der Waals surface area contributed by atoms with Gasteiger partial charge in [0.15, 0.2) is 23.0 Å². The van der Waals surface area contributed by atoms with Gasteiger partial charge in [0.05, 0.1) is 26.4 Å². The number of nitrogens with zero attached hydrogens (tertiary/aromatic N) is 6. The molecule has 0 amide bonds. The molecule has 2 saturated heterocycles. The number of aromatic nitrogens is 4. The lowest BCUT2D eigenvalue weighted by Crippen LogP contribution is -2.22. The van der Waals surface area contributed by atoms with E-state index in [0.29, 0.717) is 38.1 Å². The lowest BCUT2D eigenvalue weighted by atomic mass is 10.2. The molecule has 300 valence electrons. The van der Waals surface area contributed by atoms with Gasteiger partial charge in [-0.05, 0) is 127 Å². The quantitative estimate of drug-likeness (QED) is 0.0456. The largest absolute Gasteiger partial charge is 0.490 e. The minimum atomic E-state index is 0.266. The van der Waals surface area contributed by atoms with Gasteiger partial charge in [-0.3, -0.25) is 0 Å². The van der Waals surface area contributed by atoms with E-state index in [-0.39, 0.29) is 5.28 Å². The van der Waals surface area contributed by atoms with Gasteiger partial charge in [-0.15, -0.1) is 0 Å². The summed E-state index contributed by atoms with van der Waals surface area (Å²) in [5.74, 6) is 5.06. The molecule has 14 nitrogen and oxygen atoms in total. The highest BCUT2D eigenvalue weighted by Gasteiger charge is 2.13. The summed E-state index contributed by atoms with van der Waals surface area (Å²) >= 11 is 5.46. The molecule has 4 heterocycles. The molecule has 2 fully saturated rings. The standard InChI is InChI=1S/C20H29N5O2.C15H24N2O2.C5H6ClN3/c1-3-26-17-8-7-16(23-20-22-10-9-19(21-2)24-20)15-18(17)27-14-6-13-25-11-4-5-12-25;1-2-18-14-7-6-13(16)12-15(14)19-11-5-10-17-8-3-4-9-17;1-7-4-2-3-8-5(6)9-4/h7-10,15H,3-6,11-14H2,1-2H3,(H2,21,22,23,24);6-7,12H,2-5,8-11,16H2,1H3;2-3H,1H3,(H,7,8,9). The number of nitrogens with one attached hydrogen (secondary N) is 3. The highest BCUT2D eigenvalue weighted by Crippen LogP contribution is 2.32. The molecule has 2 aliphatic rings. The van der Waals surface area contributed by atoms with E-state index < -0.39 is 0 Å². The van der Waals surface area contributed by atoms with Gasteiger partial charge in [-0.1, -0.05) is 0 Å². The normalized spacial score (nSPS) is 13.8. The van der Waals surface area contributed by atoms with Crippen molar-refractivity contribution in [2.24, 2.45) is 0 Å². The Labute approximate surface area is 331 Å². The average Bonchev–Trinajstić information content (AvgIpc) is 3.93. The van der Waals surface area contributed by atoms with E-state index in [1.165, 1.54) is 51.9 Å². The summed E-state index contributed by atoms with van der Waals surface area (Å²) < 4.78 is 23.1. The summed E-state index contributed by atoms with van der Waals surface area (Å²) in [5, 5.41) is 9.32. The fourth-order valence-electron chi connectivity index (χ4n) is 6.00. The Hall–Kier alpha value is -4.79. The van der Waals surface area contributed by atoms with Gasteiger partial charge in [0.1, 0.15) is 11.6 Å². The van der Waals surface area contributed by atoms with Crippen LogP contribution >= 0.6 is 11.6 Å². The van der Waals surface area contributed by atoms with E-state index in [0.717, 1.165) is 66.3 Å². The zero-order valence-corrected chi connectivity index (χ0v) is 33.6. The molecule has 2 aromatic carbocycles. The van der Waals surface area contributed by atoms with E-state index in [2.05, 4.69) is 45.7 Å². The first-order valence-corrected chi connectivity index (χ1v) is 19.7. The number of rotatable bonds is 18. The van der Waals surface area contributed by atoms with Gasteiger partial charge < -0.3 is 50.4 Å². The molecule has 0 saturated carbocycles. The Morgan fingerprint density at radius 3 is 1.71 bits per heavy atom. The van der Waals surface area contributed by atoms with E-state index in [1.807, 2.05) is 63.4 Å². The summed E-state index contributed by atoms with van der Waals surface area (Å²) in [6.45, 7) is 13.7. The monoisotopic (exact) mass is 778 g/mol. The molecular formula is C40H59ClN10O4. The first-order valence-electron chi connectivity index (χ1n) is 19.3. The predicted octanol–water partition coefficient (Wildman–Crippen LogP) is 7.23. The lowest BCUT2D eigenvalue weighted by molar-refractivity contribution is 0.248. The summed E-state index contributed by atoms with van der Waals surface area (Å²) in [4.78, 5) is 21.2. The van der Waals surface area contributed by atoms with Crippen LogP contribution in [0.25, 0.3) is 0 Å². The number of nitrogen functional groups attached to an aromatic ring is 1. The van der Waals surface area contributed by atoms with Gasteiger partial charge in [-0.2, -0.15) is 4.98 Å². The fourth-order valence-corrected chi connectivity index (χ4v) is 6.15. The SMILES string of the molecule is CCOc1ccc(N)cc1OCCCN1CCCC1.CCOc1ccc(Nc2nccc(NC)n2)cc1OCCCN1CCCC1.CNc1ccnc(Cl)n1. The van der Waals surface area contributed by atoms with Crippen LogP contribution in [0.2, 0.25) is 5.28 Å². The van der Waals surface area contributed by atoms with Crippen LogP contribution in [0.4, 0.5) is 29.0 Å². The van der Waals surface area contributed by atoms with E-state index in [4.69, 9.17) is 36.3 Å². The van der Waals surface area contributed by atoms with Gasteiger partial charge in [0.2, 0.25) is 11.2 Å². The molecule has 0 aliphatic carbocycles. The van der Waals surface area contributed by atoms with Crippen LogP contribution in [0, 0.1) is 0 Å². The van der Waals surface area contributed by atoms with Crippen molar-refractivity contribution >= 4 is 40.6 Å². The van der Waals surface area contributed by atoms with Crippen LogP contribution in [0.15, 0.2) is 60.9 Å². The Kier molecular flexibility index (Phi) is 19.2. The maximum Gasteiger partial charge on any atom is 0.229 e. The predicted molar refractivity (Wildman–Crippen MR) is 223 cm³/mol. The van der Waals surface area contributed by atoms with E-state index in [1.54, 1.807) is 25.5 Å². The maximum absolute atomic E-state index is 6.03. The molecule has 55 heavy (non-hydrogen) atoms. The van der Waals surface area contributed by atoms with Crippen molar-refractivity contribution in [2.75, 3.05) is 101 Å². The number of nitrogens with two attached hydrogens (primary N) is 1. The van der Waals surface area contributed by atoms with Crippen molar-refractivity contribution in [3.8, 4) is 23.0 Å². The number of benzene rings is 2. The molecule has 0 unspecified atom stereocenters. The van der Waals surface area contributed by atoms with Crippen LogP contribution in [-0.4, -0.2) is 110 Å². The van der Waals surface area contributed by atoms with Crippen molar-refractivity contribution in [1.29, 1.82) is 0 Å². The molecule has 2 aromatic heterocycles. The Balaban J connectivity index is 0.000000207. The summed E-state index contributed by atoms with van der Waals surface area (Å²) in [5.41, 5.74) is 7.35. The first kappa shape index (κ1) is 42.9. The number of ether oxygens (including phenoxy) is 4. The maximum atomic E-state index is 6.03. The minimum absolute atomic E-state index is 0.266. The zero-order chi connectivity index (χ0) is 39.1. The molecular weight excluding hydrogens is 720 g/mol. The van der Waals surface area contributed by atoms with Gasteiger partial charge in [0.25, 0.3) is 0 Å². The highest BCUT2D eigenvalue weighted by atomic mass is 35.5. The second-order valence-corrected chi connectivity index (χ2v) is 13.2. The number of hydrogen-bond acceptors (Lipinski definition) is 14. The first-order chi connectivity index (χ1) is 26.9. The van der Waals surface area contributed by atoms with E-state index >= 15 is 0 Å². The molecule has 15 heteroatoms. The van der Waals surface area contributed by atoms with Crippen LogP contribution in [0.5, 0.6) is 23.0 Å². The van der Waals surface area contributed by atoms with Crippen molar-refractivity contribution in [1.82, 2.24) is 29.7 Å². The van der Waals surface area contributed by atoms with Gasteiger partial charge in [-0.25, -0.2) is 15.0 Å². The van der Waals surface area contributed by atoms with Crippen LogP contribution in [-0.2, 0) is 0 Å². The molecule has 0 bridgehead atoms. The van der Waals surface area contributed by atoms with Crippen LogP contribution in [0.1, 0.15) is 52.4 Å². The molecule has 0 spiro atoms. The topological polar surface area (TPSA) is 157 Å². The molecule has 4 aromatic rings. The zero-order valence-electron chi connectivity index (χ0n) is 32.9. The number of halogens is 1. The highest BCUT2D eigenvalue weighted by molar-refractivity contribution is 6.28. The third-order valence-electron chi connectivity index (χ3n) is 8.71. The summed E-state index contributed by atoms with van der Waals surface area (Å²) in [7, 11) is 3.61. The lowest BCUT2D eigenvalue weighted by Gasteiger charge is -2.16. The number of anilines is 5. The Morgan fingerprint density at radius 2 is 1.18 bits per heavy atom. The second-order valence-electron chi connectivity index (χ2n) is 12.8. The van der Waals surface area contributed by atoms with Gasteiger partial charge in [0, 0.05) is 63.1 Å². The Morgan fingerprint density at radius 1 is 0.655 bits per heavy atom. The Bertz CT molecular complexity index is 1670. The van der Waals surface area contributed by atoms with Crippen molar-refractivity contribution < 1.29 is 18.9 Å². The fraction of sp³-hybridized carbons (Fsp3) is 0.500. The molecule has 2 aliphatic heterocycles. The van der Waals surface area contributed by atoms with Crippen molar-refractivity contribution in [2.45, 2.75) is 52.4 Å². The average molecular weight is 779 g/mol. The van der Waals surface area contributed by atoms with Crippen molar-refractivity contribution in [3.63, 3.8) is 0 Å². The number of likely N-dealkylation sites (tertiary alicyclic amines) is 2. The summed E-state index contributed by atoms with van der Waals surface area (Å²) in [6.07, 6.45) is 10.7. The third kappa shape index (κ3) is 15.8. The van der Waals surface area contributed by atoms with E-state index in [9.17, 15) is 0 Å². The summed E-state index contributed by atoms with van der Waals surface area (Å²) in [6, 6.07) is 14.9. The second kappa shape index (κ2) is 24.6. The smallest absolute Gasteiger partial charge is 0.229 e. The third-order valence-corrected chi connectivity index (χ3v) is 8.89. The minimum Gasteiger partial charge on any atom is -0.490 e. The molecule has 0 radical (unpaired) electrons. The number of hydrogen-bond donors (Lipinski definition) is 4. The van der Waals surface area contributed by atoms with Crippen LogP contribution in [0.3, 0.4) is 0 Å². The molecule has 6 rings (SSSR count).